The molecule has 2 aromatic carbocycles. The maximum atomic E-state index is 12.9. The minimum atomic E-state index is -3.39. The summed E-state index contributed by atoms with van der Waals surface area (Å²) in [6.07, 6.45) is 8.53. The fraction of sp³-hybridized carbons (Fsp3) is 0.536. The Morgan fingerprint density at radius 3 is 2.49 bits per heavy atom. The number of aryl methyl sites for hydroxylation is 1. The smallest absolute Gasteiger partial charge is 0.305 e. The van der Waals surface area contributed by atoms with Crippen LogP contribution in [0.5, 0.6) is 0 Å². The van der Waals surface area contributed by atoms with Crippen molar-refractivity contribution in [3.8, 4) is 0 Å². The number of anilines is 1. The first-order chi connectivity index (χ1) is 16.9. The first-order valence-electron chi connectivity index (χ1n) is 12.8. The van der Waals surface area contributed by atoms with E-state index in [2.05, 4.69) is 6.07 Å². The van der Waals surface area contributed by atoms with Crippen LogP contribution >= 0.6 is 0 Å². The van der Waals surface area contributed by atoms with E-state index in [1.54, 1.807) is 4.31 Å². The molecule has 2 aromatic rings. The second-order valence-electron chi connectivity index (χ2n) is 10.0. The molecular weight excluding hydrogens is 462 g/mol. The third-order valence-electron chi connectivity index (χ3n) is 7.46. The highest BCUT2D eigenvalue weighted by Gasteiger charge is 2.37. The summed E-state index contributed by atoms with van der Waals surface area (Å²) < 4.78 is 32.2. The molecule has 0 bridgehead atoms. The van der Waals surface area contributed by atoms with E-state index in [-0.39, 0.29) is 17.8 Å². The van der Waals surface area contributed by atoms with Gasteiger partial charge in [-0.2, -0.15) is 0 Å². The SMILES string of the molecule is COC(=O)CCc1cccc(CC2CCS(=O)(=O)N2c2ccc(C(O)CC3CCCCC3)cc2)c1. The summed E-state index contributed by atoms with van der Waals surface area (Å²) in [5.41, 5.74) is 3.60. The van der Waals surface area contributed by atoms with Gasteiger partial charge in [0, 0.05) is 6.42 Å². The van der Waals surface area contributed by atoms with E-state index in [0.29, 0.717) is 37.3 Å². The van der Waals surface area contributed by atoms with Crippen molar-refractivity contribution in [1.29, 1.82) is 0 Å². The van der Waals surface area contributed by atoms with Crippen molar-refractivity contribution in [2.45, 2.75) is 76.4 Å². The van der Waals surface area contributed by atoms with E-state index in [4.69, 9.17) is 4.74 Å². The van der Waals surface area contributed by atoms with Gasteiger partial charge in [0.2, 0.25) is 10.0 Å². The van der Waals surface area contributed by atoms with Gasteiger partial charge in [0.15, 0.2) is 0 Å². The number of carbonyl (C=O) groups is 1. The zero-order valence-corrected chi connectivity index (χ0v) is 21.4. The van der Waals surface area contributed by atoms with Gasteiger partial charge in [-0.3, -0.25) is 9.10 Å². The van der Waals surface area contributed by atoms with Crippen LogP contribution in [-0.4, -0.2) is 38.4 Å². The number of carbonyl (C=O) groups excluding carboxylic acids is 1. The molecule has 1 saturated heterocycles. The monoisotopic (exact) mass is 499 g/mol. The number of aliphatic hydroxyl groups excluding tert-OH is 1. The van der Waals surface area contributed by atoms with Crippen LogP contribution in [0.3, 0.4) is 0 Å². The lowest BCUT2D eigenvalue weighted by molar-refractivity contribution is -0.140. The molecular formula is C28H37NO5S. The van der Waals surface area contributed by atoms with Crippen molar-refractivity contribution in [1.82, 2.24) is 0 Å². The average Bonchev–Trinajstić information content (AvgIpc) is 3.16. The quantitative estimate of drug-likeness (QED) is 0.494. The van der Waals surface area contributed by atoms with Crippen molar-refractivity contribution >= 4 is 21.7 Å². The third kappa shape index (κ3) is 6.64. The molecule has 2 aliphatic rings. The van der Waals surface area contributed by atoms with Crippen LogP contribution in [0.4, 0.5) is 5.69 Å². The van der Waals surface area contributed by atoms with Crippen molar-refractivity contribution < 1.29 is 23.1 Å². The van der Waals surface area contributed by atoms with Gasteiger partial charge in [0.25, 0.3) is 0 Å². The van der Waals surface area contributed by atoms with Crippen molar-refractivity contribution in [3.05, 3.63) is 65.2 Å². The summed E-state index contributed by atoms with van der Waals surface area (Å²) in [4.78, 5) is 11.5. The van der Waals surface area contributed by atoms with Crippen LogP contribution in [0, 0.1) is 5.92 Å². The zero-order valence-electron chi connectivity index (χ0n) is 20.6. The van der Waals surface area contributed by atoms with Gasteiger partial charge in [0.05, 0.1) is 30.7 Å². The molecule has 1 N–H and O–H groups in total. The Morgan fingerprint density at radius 2 is 1.77 bits per heavy atom. The number of hydrogen-bond donors (Lipinski definition) is 1. The van der Waals surface area contributed by atoms with Crippen LogP contribution in [0.1, 0.15) is 74.2 Å². The number of esters is 1. The van der Waals surface area contributed by atoms with E-state index in [1.807, 2.05) is 42.5 Å². The van der Waals surface area contributed by atoms with Crippen molar-refractivity contribution in [2.75, 3.05) is 17.2 Å². The maximum Gasteiger partial charge on any atom is 0.305 e. The van der Waals surface area contributed by atoms with Crippen molar-refractivity contribution in [3.63, 3.8) is 0 Å². The fourth-order valence-electron chi connectivity index (χ4n) is 5.53. The minimum Gasteiger partial charge on any atom is -0.469 e. The molecule has 1 saturated carbocycles. The highest BCUT2D eigenvalue weighted by atomic mass is 32.2. The largest absolute Gasteiger partial charge is 0.469 e. The predicted molar refractivity (Wildman–Crippen MR) is 138 cm³/mol. The highest BCUT2D eigenvalue weighted by Crippen LogP contribution is 2.35. The van der Waals surface area contributed by atoms with Gasteiger partial charge < -0.3 is 9.84 Å². The van der Waals surface area contributed by atoms with Gasteiger partial charge >= 0.3 is 5.97 Å². The topological polar surface area (TPSA) is 83.9 Å². The van der Waals surface area contributed by atoms with E-state index < -0.39 is 16.1 Å². The molecule has 1 aliphatic heterocycles. The van der Waals surface area contributed by atoms with Gasteiger partial charge in [-0.05, 0) is 60.4 Å². The Labute approximate surface area is 209 Å². The maximum absolute atomic E-state index is 12.9. The molecule has 1 heterocycles. The van der Waals surface area contributed by atoms with E-state index in [0.717, 1.165) is 23.1 Å². The Bertz CT molecular complexity index is 1090. The second kappa shape index (κ2) is 11.6. The minimum absolute atomic E-state index is 0.131. The number of rotatable bonds is 9. The summed E-state index contributed by atoms with van der Waals surface area (Å²) in [6, 6.07) is 15.3. The van der Waals surface area contributed by atoms with Gasteiger partial charge in [-0.15, -0.1) is 0 Å². The zero-order chi connectivity index (χ0) is 24.8. The molecule has 35 heavy (non-hydrogen) atoms. The molecule has 6 nitrogen and oxygen atoms in total. The van der Waals surface area contributed by atoms with Crippen LogP contribution in [0.25, 0.3) is 0 Å². The first kappa shape index (κ1) is 25.7. The fourth-order valence-corrected chi connectivity index (χ4v) is 7.38. The van der Waals surface area contributed by atoms with Crippen LogP contribution in [0.15, 0.2) is 48.5 Å². The summed E-state index contributed by atoms with van der Waals surface area (Å²) in [5, 5.41) is 10.7. The molecule has 4 rings (SSSR count). The lowest BCUT2D eigenvalue weighted by atomic mass is 9.84. The third-order valence-corrected chi connectivity index (χ3v) is 9.32. The number of benzene rings is 2. The van der Waals surface area contributed by atoms with E-state index in [9.17, 15) is 18.3 Å². The van der Waals surface area contributed by atoms with Crippen LogP contribution in [0.2, 0.25) is 0 Å². The number of ether oxygens (including phenoxy) is 1. The van der Waals surface area contributed by atoms with Crippen molar-refractivity contribution in [2.24, 2.45) is 5.92 Å². The summed E-state index contributed by atoms with van der Waals surface area (Å²) >= 11 is 0. The van der Waals surface area contributed by atoms with Gasteiger partial charge in [-0.25, -0.2) is 8.42 Å². The number of aliphatic hydroxyl groups is 1. The summed E-state index contributed by atoms with van der Waals surface area (Å²) in [7, 11) is -2.00. The highest BCUT2D eigenvalue weighted by molar-refractivity contribution is 7.93. The Balaban J connectivity index is 1.44. The molecule has 2 atom stereocenters. The Morgan fingerprint density at radius 1 is 1.06 bits per heavy atom. The Kier molecular flexibility index (Phi) is 8.50. The van der Waals surface area contributed by atoms with E-state index >= 15 is 0 Å². The molecule has 0 aromatic heterocycles. The lowest BCUT2D eigenvalue weighted by Gasteiger charge is -2.27. The number of hydrogen-bond acceptors (Lipinski definition) is 5. The summed E-state index contributed by atoms with van der Waals surface area (Å²) in [5.74, 6) is 0.465. The van der Waals surface area contributed by atoms with Gasteiger partial charge in [0.1, 0.15) is 0 Å². The molecule has 0 amide bonds. The normalized spacial score (nSPS) is 21.1. The molecule has 2 fully saturated rings. The molecule has 7 heteroatoms. The first-order valence-corrected chi connectivity index (χ1v) is 14.4. The standard InChI is InChI=1S/C28H37NO5S/c1-34-28(31)15-10-22-8-5-9-23(18-22)19-26-16-17-35(32,33)29(26)25-13-11-24(12-14-25)27(30)20-21-6-3-2-4-7-21/h5,8-9,11-14,18,21,26-27,30H,2-4,6-7,10,15-17,19-20H2,1H3. The summed E-state index contributed by atoms with van der Waals surface area (Å²) in [6.45, 7) is 0. The predicted octanol–water partition coefficient (Wildman–Crippen LogP) is 4.95. The molecule has 190 valence electrons. The molecule has 1 aliphatic carbocycles. The van der Waals surface area contributed by atoms with Crippen LogP contribution < -0.4 is 4.31 Å². The van der Waals surface area contributed by atoms with Gasteiger partial charge in [-0.1, -0.05) is 68.5 Å². The lowest BCUT2D eigenvalue weighted by Crippen LogP contribution is -2.34. The van der Waals surface area contributed by atoms with Crippen LogP contribution in [-0.2, 0) is 32.4 Å². The molecule has 2 unspecified atom stereocenters. The second-order valence-corrected chi connectivity index (χ2v) is 12.0. The van der Waals surface area contributed by atoms with E-state index in [1.165, 1.54) is 39.2 Å². The molecule has 0 spiro atoms. The number of sulfonamides is 1. The molecule has 0 radical (unpaired) electrons. The number of nitrogens with zero attached hydrogens (tertiary/aromatic N) is 1. The Hall–Kier alpha value is -2.38. The number of methoxy groups -OCH3 is 1. The average molecular weight is 500 g/mol.